The van der Waals surface area contributed by atoms with Gasteiger partial charge in [0.2, 0.25) is 11.8 Å². The third-order valence-electron chi connectivity index (χ3n) is 4.91. The van der Waals surface area contributed by atoms with Gasteiger partial charge in [-0.05, 0) is 18.6 Å². The quantitative estimate of drug-likeness (QED) is 0.732. The molecule has 1 aromatic carbocycles. The van der Waals surface area contributed by atoms with Crippen LogP contribution in [0.4, 0.5) is 14.5 Å². The van der Waals surface area contributed by atoms with Gasteiger partial charge in [0, 0.05) is 24.4 Å². The topological polar surface area (TPSA) is 115 Å². The molecule has 162 valence electrons. The summed E-state index contributed by atoms with van der Waals surface area (Å²) >= 11 is 0. The van der Waals surface area contributed by atoms with E-state index >= 15 is 0 Å². The number of anilines is 1. The highest BCUT2D eigenvalue weighted by atomic mass is 19.3. The third kappa shape index (κ3) is 4.94. The van der Waals surface area contributed by atoms with Crippen molar-refractivity contribution < 1.29 is 23.2 Å². The number of amides is 3. The SMILES string of the molecule is CCCC(=O)Nc1cccc2c(C(=O)NCC(=O)N3CC(F)(F)C[C@H]3C#N)ccnc12. The molecule has 31 heavy (non-hydrogen) atoms. The minimum absolute atomic E-state index is 0.174. The molecule has 1 aromatic heterocycles. The van der Waals surface area contributed by atoms with Crippen molar-refractivity contribution in [2.24, 2.45) is 0 Å². The Bertz CT molecular complexity index is 1070. The lowest BCUT2D eigenvalue weighted by molar-refractivity contribution is -0.131. The van der Waals surface area contributed by atoms with Gasteiger partial charge in [0.05, 0.1) is 35.9 Å². The third-order valence-corrected chi connectivity index (χ3v) is 4.91. The van der Waals surface area contributed by atoms with Crippen LogP contribution in [0.1, 0.15) is 36.5 Å². The average Bonchev–Trinajstić information content (AvgIpc) is 3.06. The number of alkyl halides is 2. The lowest BCUT2D eigenvalue weighted by atomic mass is 10.1. The summed E-state index contributed by atoms with van der Waals surface area (Å²) in [6.07, 6.45) is 1.71. The zero-order valence-electron chi connectivity index (χ0n) is 16.8. The Morgan fingerprint density at radius 3 is 2.81 bits per heavy atom. The Balaban J connectivity index is 1.75. The molecule has 10 heteroatoms. The average molecular weight is 429 g/mol. The zero-order valence-corrected chi connectivity index (χ0v) is 16.8. The molecule has 0 bridgehead atoms. The first-order valence-electron chi connectivity index (χ1n) is 9.78. The highest BCUT2D eigenvalue weighted by molar-refractivity contribution is 6.10. The number of carbonyl (C=O) groups excluding carboxylic acids is 3. The number of benzene rings is 1. The van der Waals surface area contributed by atoms with Crippen molar-refractivity contribution in [2.75, 3.05) is 18.4 Å². The van der Waals surface area contributed by atoms with Crippen LogP contribution in [0.3, 0.4) is 0 Å². The number of nitrogens with one attached hydrogen (secondary N) is 2. The largest absolute Gasteiger partial charge is 0.343 e. The molecule has 0 spiro atoms. The van der Waals surface area contributed by atoms with E-state index in [9.17, 15) is 23.2 Å². The summed E-state index contributed by atoms with van der Waals surface area (Å²) in [6.45, 7) is 0.509. The van der Waals surface area contributed by atoms with E-state index in [0.29, 0.717) is 29.4 Å². The van der Waals surface area contributed by atoms with Crippen molar-refractivity contribution in [3.05, 3.63) is 36.0 Å². The number of nitrogens with zero attached hydrogens (tertiary/aromatic N) is 3. The van der Waals surface area contributed by atoms with E-state index in [2.05, 4.69) is 15.6 Å². The summed E-state index contributed by atoms with van der Waals surface area (Å²) in [4.78, 5) is 42.0. The number of hydrogen-bond acceptors (Lipinski definition) is 5. The summed E-state index contributed by atoms with van der Waals surface area (Å²) in [7, 11) is 0. The van der Waals surface area contributed by atoms with E-state index in [-0.39, 0.29) is 11.5 Å². The highest BCUT2D eigenvalue weighted by Crippen LogP contribution is 2.31. The van der Waals surface area contributed by atoms with Crippen molar-refractivity contribution in [2.45, 2.75) is 38.2 Å². The molecule has 2 aromatic rings. The fourth-order valence-corrected chi connectivity index (χ4v) is 3.46. The molecule has 2 heterocycles. The number of fused-ring (bicyclic) bond motifs is 1. The summed E-state index contributed by atoms with van der Waals surface area (Å²) < 4.78 is 27.1. The molecule has 3 amide bonds. The van der Waals surface area contributed by atoms with Crippen LogP contribution in [-0.4, -0.2) is 52.7 Å². The van der Waals surface area contributed by atoms with Crippen LogP contribution in [0.5, 0.6) is 0 Å². The van der Waals surface area contributed by atoms with E-state index in [1.807, 2.05) is 6.92 Å². The Morgan fingerprint density at radius 1 is 1.32 bits per heavy atom. The molecular weight excluding hydrogens is 408 g/mol. The van der Waals surface area contributed by atoms with Gasteiger partial charge in [-0.1, -0.05) is 19.1 Å². The highest BCUT2D eigenvalue weighted by Gasteiger charge is 2.47. The number of rotatable bonds is 6. The Hall–Kier alpha value is -3.61. The second-order valence-electron chi connectivity index (χ2n) is 7.27. The fourth-order valence-electron chi connectivity index (χ4n) is 3.46. The maximum atomic E-state index is 13.5. The van der Waals surface area contributed by atoms with Gasteiger partial charge in [-0.25, -0.2) is 8.78 Å². The number of likely N-dealkylation sites (tertiary alicyclic amines) is 1. The number of aromatic nitrogens is 1. The number of halogens is 2. The predicted molar refractivity (Wildman–Crippen MR) is 108 cm³/mol. The Morgan fingerprint density at radius 2 is 2.10 bits per heavy atom. The van der Waals surface area contributed by atoms with Crippen LogP contribution in [0.2, 0.25) is 0 Å². The number of nitriles is 1. The maximum absolute atomic E-state index is 13.5. The molecular formula is C21H21F2N5O3. The first-order chi connectivity index (χ1) is 14.8. The van der Waals surface area contributed by atoms with Crippen molar-refractivity contribution in [1.82, 2.24) is 15.2 Å². The normalized spacial score (nSPS) is 17.2. The van der Waals surface area contributed by atoms with E-state index in [0.717, 1.165) is 4.90 Å². The van der Waals surface area contributed by atoms with Crippen molar-refractivity contribution in [3.8, 4) is 6.07 Å². The molecule has 0 radical (unpaired) electrons. The van der Waals surface area contributed by atoms with Crippen LogP contribution in [0.15, 0.2) is 30.5 Å². The molecule has 0 saturated carbocycles. The van der Waals surface area contributed by atoms with Crippen molar-refractivity contribution in [3.63, 3.8) is 0 Å². The van der Waals surface area contributed by atoms with Crippen LogP contribution in [-0.2, 0) is 9.59 Å². The lowest BCUT2D eigenvalue weighted by Gasteiger charge is -2.19. The molecule has 1 aliphatic rings. The molecule has 0 aliphatic carbocycles. The van der Waals surface area contributed by atoms with Gasteiger partial charge in [-0.2, -0.15) is 5.26 Å². The van der Waals surface area contributed by atoms with E-state index < -0.39 is 43.3 Å². The number of para-hydroxylation sites is 1. The molecule has 1 saturated heterocycles. The first-order valence-corrected chi connectivity index (χ1v) is 9.78. The van der Waals surface area contributed by atoms with E-state index in [4.69, 9.17) is 5.26 Å². The van der Waals surface area contributed by atoms with Gasteiger partial charge < -0.3 is 15.5 Å². The van der Waals surface area contributed by atoms with Crippen LogP contribution in [0, 0.1) is 11.3 Å². The molecule has 2 N–H and O–H groups in total. The minimum atomic E-state index is -3.13. The number of pyridine rings is 1. The number of carbonyl (C=O) groups is 3. The second kappa shape index (κ2) is 9.04. The van der Waals surface area contributed by atoms with Gasteiger partial charge in [0.15, 0.2) is 0 Å². The van der Waals surface area contributed by atoms with Gasteiger partial charge >= 0.3 is 0 Å². The second-order valence-corrected chi connectivity index (χ2v) is 7.27. The molecule has 1 aliphatic heterocycles. The molecule has 1 atom stereocenters. The van der Waals surface area contributed by atoms with Gasteiger partial charge in [-0.3, -0.25) is 19.4 Å². The summed E-state index contributed by atoms with van der Waals surface area (Å²) in [5, 5.41) is 14.7. The predicted octanol–water partition coefficient (Wildman–Crippen LogP) is 2.46. The van der Waals surface area contributed by atoms with Gasteiger partial charge in [0.1, 0.15) is 6.04 Å². The lowest BCUT2D eigenvalue weighted by Crippen LogP contribution is -2.43. The van der Waals surface area contributed by atoms with Crippen molar-refractivity contribution in [1.29, 1.82) is 5.26 Å². The van der Waals surface area contributed by atoms with Crippen molar-refractivity contribution >= 4 is 34.3 Å². The number of hydrogen-bond donors (Lipinski definition) is 2. The standard InChI is InChI=1S/C21H21F2N5O3/c1-2-4-17(29)27-16-6-3-5-14-15(7-8-25-19(14)16)20(31)26-11-18(30)28-12-21(22,23)9-13(28)10-24/h3,5-8,13H,2,4,9,11-12H2,1H3,(H,26,31)(H,27,29)/t13-/m0/s1. The summed E-state index contributed by atoms with van der Waals surface area (Å²) in [5.41, 5.74) is 1.08. The smallest absolute Gasteiger partial charge is 0.268 e. The van der Waals surface area contributed by atoms with Crippen LogP contribution >= 0.6 is 0 Å². The molecule has 8 nitrogen and oxygen atoms in total. The zero-order chi connectivity index (χ0) is 22.6. The fraction of sp³-hybridized carbons (Fsp3) is 0.381. The Kier molecular flexibility index (Phi) is 6.44. The van der Waals surface area contributed by atoms with Gasteiger partial charge in [-0.15, -0.1) is 0 Å². The van der Waals surface area contributed by atoms with E-state index in [1.54, 1.807) is 24.3 Å². The van der Waals surface area contributed by atoms with Gasteiger partial charge in [0.25, 0.3) is 11.8 Å². The minimum Gasteiger partial charge on any atom is -0.343 e. The molecule has 0 unspecified atom stereocenters. The Labute approximate surface area is 177 Å². The monoisotopic (exact) mass is 429 g/mol. The van der Waals surface area contributed by atoms with Crippen LogP contribution < -0.4 is 10.6 Å². The summed E-state index contributed by atoms with van der Waals surface area (Å²) in [6, 6.07) is 6.92. The van der Waals surface area contributed by atoms with E-state index in [1.165, 1.54) is 12.3 Å². The maximum Gasteiger partial charge on any atom is 0.268 e. The summed E-state index contributed by atoms with van der Waals surface area (Å²) in [5.74, 6) is -4.66. The first kappa shape index (κ1) is 22.1. The molecule has 1 fully saturated rings. The molecule has 3 rings (SSSR count). The van der Waals surface area contributed by atoms with Crippen LogP contribution in [0.25, 0.3) is 10.9 Å².